The van der Waals surface area contributed by atoms with Crippen molar-refractivity contribution in [1.82, 2.24) is 5.43 Å². The van der Waals surface area contributed by atoms with Crippen molar-refractivity contribution < 1.29 is 9.84 Å². The number of ether oxygens (including phenoxy) is 1. The van der Waals surface area contributed by atoms with Crippen LogP contribution in [0.5, 0.6) is 5.75 Å². The molecular weight excluding hydrogens is 302 g/mol. The molecule has 2 aromatic carbocycles. The third-order valence-corrected chi connectivity index (χ3v) is 4.64. The van der Waals surface area contributed by atoms with Gasteiger partial charge < -0.3 is 20.2 Å². The molecule has 5 nitrogen and oxygen atoms in total. The molecule has 0 aliphatic carbocycles. The van der Waals surface area contributed by atoms with Crippen LogP contribution >= 0.6 is 0 Å². The van der Waals surface area contributed by atoms with Gasteiger partial charge in [0.1, 0.15) is 5.75 Å². The zero-order valence-electron chi connectivity index (χ0n) is 13.5. The van der Waals surface area contributed by atoms with E-state index in [1.807, 2.05) is 18.2 Å². The van der Waals surface area contributed by atoms with Crippen LogP contribution in [0.25, 0.3) is 0 Å². The Morgan fingerprint density at radius 2 is 1.79 bits per heavy atom. The van der Waals surface area contributed by atoms with E-state index in [2.05, 4.69) is 39.7 Å². The van der Waals surface area contributed by atoms with Crippen LogP contribution in [0, 0.1) is 0 Å². The summed E-state index contributed by atoms with van der Waals surface area (Å²) in [6.07, 6.45) is 0.772. The predicted molar refractivity (Wildman–Crippen MR) is 94.6 cm³/mol. The summed E-state index contributed by atoms with van der Waals surface area (Å²) in [6.45, 7) is 3.48. The lowest BCUT2D eigenvalue weighted by Crippen LogP contribution is -2.36. The van der Waals surface area contributed by atoms with Gasteiger partial charge in [-0.15, -0.1) is 0 Å². The molecule has 2 aliphatic heterocycles. The number of morpholine rings is 1. The molecule has 2 N–H and O–H groups in total. The van der Waals surface area contributed by atoms with Gasteiger partial charge in [-0.05, 0) is 29.8 Å². The Morgan fingerprint density at radius 1 is 1.04 bits per heavy atom. The van der Waals surface area contributed by atoms with Gasteiger partial charge in [-0.1, -0.05) is 24.3 Å². The summed E-state index contributed by atoms with van der Waals surface area (Å²) < 4.78 is 5.40. The van der Waals surface area contributed by atoms with Crippen LogP contribution < -0.4 is 10.3 Å². The van der Waals surface area contributed by atoms with E-state index >= 15 is 0 Å². The van der Waals surface area contributed by atoms with Gasteiger partial charge in [0.25, 0.3) is 0 Å². The summed E-state index contributed by atoms with van der Waals surface area (Å²) in [6, 6.07) is 16.1. The first-order chi connectivity index (χ1) is 11.8. The van der Waals surface area contributed by atoms with Crippen molar-refractivity contribution in [2.45, 2.75) is 12.5 Å². The Hall–Kier alpha value is -2.53. The van der Waals surface area contributed by atoms with E-state index in [9.17, 15) is 5.11 Å². The van der Waals surface area contributed by atoms with Crippen LogP contribution in [0.4, 0.5) is 5.69 Å². The lowest BCUT2D eigenvalue weighted by molar-refractivity contribution is 0.122. The fraction of sp³-hybridized carbons (Fsp3) is 0.316. The summed E-state index contributed by atoms with van der Waals surface area (Å²) in [5.74, 6) is 0.279. The zero-order valence-corrected chi connectivity index (χ0v) is 13.5. The number of rotatable bonds is 3. The number of hydrogen-bond acceptors (Lipinski definition) is 5. The first-order valence-electron chi connectivity index (χ1n) is 8.34. The highest BCUT2D eigenvalue weighted by Crippen LogP contribution is 2.29. The van der Waals surface area contributed by atoms with E-state index in [-0.39, 0.29) is 11.8 Å². The summed E-state index contributed by atoms with van der Waals surface area (Å²) in [4.78, 5) is 2.35. The molecule has 24 heavy (non-hydrogen) atoms. The summed E-state index contributed by atoms with van der Waals surface area (Å²) in [7, 11) is 0. The molecule has 1 unspecified atom stereocenters. The van der Waals surface area contributed by atoms with Crippen LogP contribution in [0.15, 0.2) is 53.6 Å². The molecule has 1 saturated heterocycles. The maximum atomic E-state index is 9.98. The van der Waals surface area contributed by atoms with Gasteiger partial charge in [0.2, 0.25) is 0 Å². The highest BCUT2D eigenvalue weighted by molar-refractivity contribution is 6.03. The molecule has 4 rings (SSSR count). The van der Waals surface area contributed by atoms with Crippen LogP contribution in [-0.4, -0.2) is 37.1 Å². The minimum absolute atomic E-state index is 0.151. The number of hydrazone groups is 1. The number of para-hydroxylation sites is 1. The van der Waals surface area contributed by atoms with E-state index in [1.54, 1.807) is 6.07 Å². The molecule has 2 heterocycles. The number of nitrogens with one attached hydrogen (secondary N) is 1. The molecule has 0 aromatic heterocycles. The smallest absolute Gasteiger partial charge is 0.124 e. The molecule has 2 aliphatic rings. The van der Waals surface area contributed by atoms with Gasteiger partial charge in [-0.3, -0.25) is 0 Å². The van der Waals surface area contributed by atoms with E-state index in [4.69, 9.17) is 4.74 Å². The standard InChI is InChI=1S/C19H21N3O2/c23-19-4-2-1-3-16(19)18-13-17(20-21-18)14-5-7-15(8-6-14)22-9-11-24-12-10-22/h1-8,17,20,23H,9-13H2. The van der Waals surface area contributed by atoms with Crippen molar-refractivity contribution in [1.29, 1.82) is 0 Å². The van der Waals surface area contributed by atoms with Gasteiger partial charge in [-0.2, -0.15) is 5.10 Å². The molecule has 124 valence electrons. The van der Waals surface area contributed by atoms with Gasteiger partial charge in [-0.25, -0.2) is 0 Å². The first kappa shape index (κ1) is 15.0. The largest absolute Gasteiger partial charge is 0.507 e. The summed E-state index contributed by atoms with van der Waals surface area (Å²) >= 11 is 0. The number of benzene rings is 2. The number of aromatic hydroxyl groups is 1. The molecule has 0 spiro atoms. The minimum atomic E-state index is 0.151. The first-order valence-corrected chi connectivity index (χ1v) is 8.34. The number of hydrogen-bond donors (Lipinski definition) is 2. The van der Waals surface area contributed by atoms with Crippen molar-refractivity contribution in [2.75, 3.05) is 31.2 Å². The fourth-order valence-electron chi connectivity index (χ4n) is 3.26. The molecule has 1 fully saturated rings. The third-order valence-electron chi connectivity index (χ3n) is 4.64. The maximum absolute atomic E-state index is 9.98. The molecule has 1 atom stereocenters. The van der Waals surface area contributed by atoms with Crippen molar-refractivity contribution in [3.05, 3.63) is 59.7 Å². The average Bonchev–Trinajstić information content (AvgIpc) is 3.13. The van der Waals surface area contributed by atoms with Crippen molar-refractivity contribution in [3.8, 4) is 5.75 Å². The monoisotopic (exact) mass is 323 g/mol. The molecule has 2 aromatic rings. The zero-order chi connectivity index (χ0) is 16.4. The average molecular weight is 323 g/mol. The highest BCUT2D eigenvalue weighted by Gasteiger charge is 2.23. The highest BCUT2D eigenvalue weighted by atomic mass is 16.5. The number of anilines is 1. The molecule has 0 bridgehead atoms. The van der Waals surface area contributed by atoms with Crippen LogP contribution in [0.3, 0.4) is 0 Å². The fourth-order valence-corrected chi connectivity index (χ4v) is 3.26. The van der Waals surface area contributed by atoms with Crippen molar-refractivity contribution in [2.24, 2.45) is 5.10 Å². The minimum Gasteiger partial charge on any atom is -0.507 e. The Morgan fingerprint density at radius 3 is 2.54 bits per heavy atom. The molecule has 0 amide bonds. The predicted octanol–water partition coefficient (Wildman–Crippen LogP) is 2.67. The molecule has 0 radical (unpaired) electrons. The summed E-state index contributed by atoms with van der Waals surface area (Å²) in [5, 5.41) is 14.4. The molecular formula is C19H21N3O2. The Bertz CT molecular complexity index is 737. The maximum Gasteiger partial charge on any atom is 0.124 e. The number of phenols is 1. The summed E-state index contributed by atoms with van der Waals surface area (Å²) in [5.41, 5.74) is 7.34. The topological polar surface area (TPSA) is 57.1 Å². The second kappa shape index (κ2) is 6.53. The Labute approximate surface area is 141 Å². The van der Waals surface area contributed by atoms with Crippen LogP contribution in [0.2, 0.25) is 0 Å². The van der Waals surface area contributed by atoms with Crippen molar-refractivity contribution in [3.63, 3.8) is 0 Å². The van der Waals surface area contributed by atoms with Crippen LogP contribution in [0.1, 0.15) is 23.6 Å². The second-order valence-electron chi connectivity index (χ2n) is 6.15. The van der Waals surface area contributed by atoms with Gasteiger partial charge in [0, 0.05) is 30.8 Å². The van der Waals surface area contributed by atoms with E-state index in [0.29, 0.717) is 0 Å². The van der Waals surface area contributed by atoms with Crippen molar-refractivity contribution >= 4 is 11.4 Å². The molecule has 0 saturated carbocycles. The van der Waals surface area contributed by atoms with Gasteiger partial charge in [0.15, 0.2) is 0 Å². The quantitative estimate of drug-likeness (QED) is 0.912. The lowest BCUT2D eigenvalue weighted by atomic mass is 9.98. The third kappa shape index (κ3) is 2.95. The van der Waals surface area contributed by atoms with E-state index in [1.165, 1.54) is 11.3 Å². The Kier molecular flexibility index (Phi) is 4.09. The Balaban J connectivity index is 1.45. The molecule has 5 heteroatoms. The van der Waals surface area contributed by atoms with E-state index in [0.717, 1.165) is 44.0 Å². The normalized spacial score (nSPS) is 20.6. The van der Waals surface area contributed by atoms with E-state index < -0.39 is 0 Å². The second-order valence-corrected chi connectivity index (χ2v) is 6.15. The SMILES string of the molecule is Oc1ccccc1C1=NNC(c2ccc(N3CCOCC3)cc2)C1. The lowest BCUT2D eigenvalue weighted by Gasteiger charge is -2.29. The van der Waals surface area contributed by atoms with Gasteiger partial charge in [0.05, 0.1) is 25.0 Å². The van der Waals surface area contributed by atoms with Gasteiger partial charge >= 0.3 is 0 Å². The number of phenolic OH excluding ortho intramolecular Hbond substituents is 1. The van der Waals surface area contributed by atoms with Crippen LogP contribution in [-0.2, 0) is 4.74 Å². The number of nitrogens with zero attached hydrogens (tertiary/aromatic N) is 2.